The van der Waals surface area contributed by atoms with Crippen LogP contribution >= 0.6 is 0 Å². The van der Waals surface area contributed by atoms with Crippen molar-refractivity contribution < 1.29 is 19.1 Å². The first-order valence-corrected chi connectivity index (χ1v) is 9.17. The molecule has 132 valence electrons. The van der Waals surface area contributed by atoms with Gasteiger partial charge in [0.2, 0.25) is 0 Å². The van der Waals surface area contributed by atoms with Gasteiger partial charge in [0.05, 0.1) is 6.61 Å². The Balaban J connectivity index is 1.59. The molecule has 0 heterocycles. The van der Waals surface area contributed by atoms with E-state index in [-0.39, 0.29) is 18.0 Å². The number of carbonyl (C=O) groups is 2. The molecule has 7 atom stereocenters. The first kappa shape index (κ1) is 17.2. The van der Waals surface area contributed by atoms with Crippen LogP contribution < -0.4 is 0 Å². The van der Waals surface area contributed by atoms with E-state index in [1.54, 1.807) is 0 Å². The van der Waals surface area contributed by atoms with Crippen molar-refractivity contribution in [3.8, 4) is 0 Å². The van der Waals surface area contributed by atoms with Crippen LogP contribution in [-0.4, -0.2) is 24.6 Å². The summed E-state index contributed by atoms with van der Waals surface area (Å²) in [4.78, 5) is 22.7. The number of rotatable bonds is 7. The summed E-state index contributed by atoms with van der Waals surface area (Å²) >= 11 is 0. The fraction of sp³-hybridized carbons (Fsp3) is 0.700. The summed E-state index contributed by atoms with van der Waals surface area (Å²) in [5.41, 5.74) is 0. The Labute approximate surface area is 144 Å². The van der Waals surface area contributed by atoms with E-state index in [9.17, 15) is 9.59 Å². The van der Waals surface area contributed by atoms with E-state index in [0.717, 1.165) is 24.7 Å². The predicted octanol–water partition coefficient (Wildman–Crippen LogP) is 3.52. The van der Waals surface area contributed by atoms with Crippen LogP contribution in [0.4, 0.5) is 0 Å². The lowest BCUT2D eigenvalue weighted by atomic mass is 9.71. The minimum atomic E-state index is -0.334. The molecule has 0 N–H and O–H groups in total. The highest BCUT2D eigenvalue weighted by Gasteiger charge is 2.57. The first-order valence-electron chi connectivity index (χ1n) is 9.17. The van der Waals surface area contributed by atoms with Gasteiger partial charge in [-0.2, -0.15) is 0 Å². The van der Waals surface area contributed by atoms with Crippen LogP contribution in [0.3, 0.4) is 0 Å². The largest absolute Gasteiger partial charge is 0.463 e. The van der Waals surface area contributed by atoms with E-state index in [2.05, 4.69) is 13.2 Å². The minimum Gasteiger partial charge on any atom is -0.463 e. The average molecular weight is 332 g/mol. The summed E-state index contributed by atoms with van der Waals surface area (Å²) in [7, 11) is 0. The highest BCUT2D eigenvalue weighted by molar-refractivity contribution is 5.81. The maximum atomic E-state index is 11.5. The van der Waals surface area contributed by atoms with Crippen molar-refractivity contribution >= 4 is 11.9 Å². The molecule has 3 aliphatic rings. The Morgan fingerprint density at radius 3 is 2.58 bits per heavy atom. The van der Waals surface area contributed by atoms with Crippen LogP contribution in [0.25, 0.3) is 0 Å². The Morgan fingerprint density at radius 1 is 1.12 bits per heavy atom. The average Bonchev–Trinajstić information content (AvgIpc) is 3.25. The summed E-state index contributed by atoms with van der Waals surface area (Å²) in [6.45, 7) is 9.44. The van der Waals surface area contributed by atoms with Crippen LogP contribution in [0.15, 0.2) is 25.3 Å². The van der Waals surface area contributed by atoms with Crippen LogP contribution in [0.2, 0.25) is 0 Å². The Kier molecular flexibility index (Phi) is 5.12. The van der Waals surface area contributed by atoms with Crippen molar-refractivity contribution in [1.29, 1.82) is 0 Å². The second-order valence-electron chi connectivity index (χ2n) is 7.64. The lowest BCUT2D eigenvalue weighted by Crippen LogP contribution is -2.34. The summed E-state index contributed by atoms with van der Waals surface area (Å²) in [6, 6.07) is 0. The summed E-state index contributed by atoms with van der Waals surface area (Å²) in [5, 5.41) is 0. The minimum absolute atomic E-state index is 0.0379. The van der Waals surface area contributed by atoms with Crippen molar-refractivity contribution in [2.75, 3.05) is 6.61 Å². The van der Waals surface area contributed by atoms with E-state index < -0.39 is 0 Å². The molecule has 3 fully saturated rings. The van der Waals surface area contributed by atoms with Crippen molar-refractivity contribution in [3.05, 3.63) is 25.3 Å². The molecule has 4 nitrogen and oxygen atoms in total. The lowest BCUT2D eigenvalue weighted by molar-refractivity contribution is -0.146. The molecule has 0 aromatic rings. The molecule has 4 heteroatoms. The number of ether oxygens (including phenoxy) is 2. The van der Waals surface area contributed by atoms with Crippen molar-refractivity contribution in [2.45, 2.75) is 45.1 Å². The van der Waals surface area contributed by atoms with Crippen LogP contribution in [-0.2, 0) is 19.1 Å². The van der Waals surface area contributed by atoms with E-state index in [0.29, 0.717) is 30.3 Å². The second kappa shape index (κ2) is 7.12. The zero-order chi connectivity index (χ0) is 17.3. The van der Waals surface area contributed by atoms with Gasteiger partial charge in [-0.15, -0.1) is 0 Å². The smallest absolute Gasteiger partial charge is 0.330 e. The first-order chi connectivity index (χ1) is 11.5. The van der Waals surface area contributed by atoms with Gasteiger partial charge in [0, 0.05) is 12.2 Å². The SMILES string of the molecule is C=CC(=O)OCCC1CC2CC1[C@H]1C([C@H](C)OC(=O)C=C)CC[C@@H]21. The third-order valence-corrected chi connectivity index (χ3v) is 6.68. The molecule has 24 heavy (non-hydrogen) atoms. The molecular weight excluding hydrogens is 304 g/mol. The molecule has 3 rings (SSSR count). The number of esters is 2. The van der Waals surface area contributed by atoms with Crippen molar-refractivity contribution in [2.24, 2.45) is 35.5 Å². The summed E-state index contributed by atoms with van der Waals surface area (Å²) < 4.78 is 10.7. The van der Waals surface area contributed by atoms with Crippen LogP contribution in [0.5, 0.6) is 0 Å². The fourth-order valence-electron chi connectivity index (χ4n) is 5.86. The highest BCUT2D eigenvalue weighted by Crippen LogP contribution is 2.64. The molecule has 0 aromatic heterocycles. The predicted molar refractivity (Wildman–Crippen MR) is 90.9 cm³/mol. The molecule has 0 amide bonds. The molecule has 2 bridgehead atoms. The van der Waals surface area contributed by atoms with E-state index >= 15 is 0 Å². The molecule has 0 saturated heterocycles. The molecule has 4 unspecified atom stereocenters. The van der Waals surface area contributed by atoms with E-state index in [1.165, 1.54) is 31.4 Å². The van der Waals surface area contributed by atoms with Gasteiger partial charge in [-0.25, -0.2) is 9.59 Å². The van der Waals surface area contributed by atoms with E-state index in [1.807, 2.05) is 6.92 Å². The molecule has 3 aliphatic carbocycles. The van der Waals surface area contributed by atoms with Gasteiger partial charge in [-0.1, -0.05) is 13.2 Å². The maximum Gasteiger partial charge on any atom is 0.330 e. The monoisotopic (exact) mass is 332 g/mol. The van der Waals surface area contributed by atoms with Gasteiger partial charge in [-0.05, 0) is 74.5 Å². The number of hydrogen-bond donors (Lipinski definition) is 0. The van der Waals surface area contributed by atoms with Gasteiger partial charge in [0.15, 0.2) is 0 Å². The molecule has 0 spiro atoms. The van der Waals surface area contributed by atoms with Crippen molar-refractivity contribution in [3.63, 3.8) is 0 Å². The topological polar surface area (TPSA) is 52.6 Å². The molecule has 3 saturated carbocycles. The Bertz CT molecular complexity index is 526. The number of fused-ring (bicyclic) bond motifs is 5. The zero-order valence-electron chi connectivity index (χ0n) is 14.5. The molecule has 0 aromatic carbocycles. The number of hydrogen-bond acceptors (Lipinski definition) is 4. The molecule has 0 radical (unpaired) electrons. The Morgan fingerprint density at radius 2 is 1.88 bits per heavy atom. The van der Waals surface area contributed by atoms with E-state index in [4.69, 9.17) is 9.47 Å². The zero-order valence-corrected chi connectivity index (χ0v) is 14.5. The highest BCUT2D eigenvalue weighted by atomic mass is 16.5. The normalized spacial score (nSPS) is 37.5. The fourth-order valence-corrected chi connectivity index (χ4v) is 5.86. The third kappa shape index (κ3) is 3.15. The van der Waals surface area contributed by atoms with Gasteiger partial charge in [0.25, 0.3) is 0 Å². The second-order valence-corrected chi connectivity index (χ2v) is 7.64. The summed E-state index contributed by atoms with van der Waals surface area (Å²) in [5.74, 6) is 3.42. The molecule has 0 aliphatic heterocycles. The lowest BCUT2D eigenvalue weighted by Gasteiger charge is -2.36. The summed E-state index contributed by atoms with van der Waals surface area (Å²) in [6.07, 6.45) is 8.37. The quantitative estimate of drug-likeness (QED) is 0.529. The maximum absolute atomic E-state index is 11.5. The number of carbonyl (C=O) groups excluding carboxylic acids is 2. The van der Waals surface area contributed by atoms with Gasteiger partial charge in [-0.3, -0.25) is 0 Å². The standard InChI is InChI=1S/C20H28O4/c1-4-18(21)23-9-8-13-10-14-11-17(13)20-15(6-7-16(14)20)12(3)24-19(22)5-2/h4-5,12-17,20H,1-2,6-11H2,3H3/t12-,13?,14?,15?,16-,17?,20-/m0/s1. The van der Waals surface area contributed by atoms with Gasteiger partial charge < -0.3 is 9.47 Å². The van der Waals surface area contributed by atoms with Crippen molar-refractivity contribution in [1.82, 2.24) is 0 Å². The molecular formula is C20H28O4. The van der Waals surface area contributed by atoms with Gasteiger partial charge in [0.1, 0.15) is 6.10 Å². The van der Waals surface area contributed by atoms with Crippen LogP contribution in [0, 0.1) is 35.5 Å². The van der Waals surface area contributed by atoms with Gasteiger partial charge >= 0.3 is 11.9 Å². The third-order valence-electron chi connectivity index (χ3n) is 6.68. The Hall–Kier alpha value is -1.58. The van der Waals surface area contributed by atoms with Crippen LogP contribution in [0.1, 0.15) is 39.0 Å².